The van der Waals surface area contributed by atoms with Gasteiger partial charge in [-0.3, -0.25) is 0 Å². The van der Waals surface area contributed by atoms with E-state index in [1.54, 1.807) is 6.08 Å². The van der Waals surface area contributed by atoms with Gasteiger partial charge in [0, 0.05) is 0 Å². The Labute approximate surface area is 114 Å². The van der Waals surface area contributed by atoms with Crippen molar-refractivity contribution >= 4 is 0 Å². The Morgan fingerprint density at radius 3 is 1.17 bits per heavy atom. The van der Waals surface area contributed by atoms with Crippen LogP contribution in [0.4, 0.5) is 0 Å². The van der Waals surface area contributed by atoms with Crippen LogP contribution >= 0.6 is 0 Å². The molecule has 0 saturated heterocycles. The standard InChI is InChI=1S/C17H32O/c1-2-17(18)15-13-11-9-7-5-3-4-6-8-10-12-14-16-17/h2,18H,1,3-16H2. The van der Waals surface area contributed by atoms with Crippen LogP contribution in [0.1, 0.15) is 89.9 Å². The molecule has 0 unspecified atom stereocenters. The van der Waals surface area contributed by atoms with Crippen molar-refractivity contribution in [1.29, 1.82) is 0 Å². The molecule has 0 spiro atoms. The summed E-state index contributed by atoms with van der Waals surface area (Å²) < 4.78 is 0. The quantitative estimate of drug-likeness (QED) is 0.621. The van der Waals surface area contributed by atoms with Gasteiger partial charge in [0.05, 0.1) is 5.60 Å². The highest BCUT2D eigenvalue weighted by Gasteiger charge is 2.21. The molecule has 0 aliphatic heterocycles. The molecule has 1 N–H and O–H groups in total. The van der Waals surface area contributed by atoms with Gasteiger partial charge in [-0.25, -0.2) is 0 Å². The van der Waals surface area contributed by atoms with E-state index < -0.39 is 5.60 Å². The normalized spacial score (nSPS) is 24.7. The Morgan fingerprint density at radius 1 is 0.611 bits per heavy atom. The van der Waals surface area contributed by atoms with Gasteiger partial charge in [0.15, 0.2) is 0 Å². The lowest BCUT2D eigenvalue weighted by Crippen LogP contribution is -2.25. The molecule has 1 saturated carbocycles. The molecule has 0 bridgehead atoms. The lowest BCUT2D eigenvalue weighted by atomic mass is 9.90. The van der Waals surface area contributed by atoms with E-state index in [1.807, 2.05) is 0 Å². The summed E-state index contributed by atoms with van der Waals surface area (Å²) in [7, 11) is 0. The maximum atomic E-state index is 10.4. The molecule has 0 amide bonds. The summed E-state index contributed by atoms with van der Waals surface area (Å²) in [6.45, 7) is 3.82. The molecule has 0 atom stereocenters. The van der Waals surface area contributed by atoms with E-state index in [2.05, 4.69) is 6.58 Å². The molecule has 1 rings (SSSR count). The largest absolute Gasteiger partial charge is 0.386 e. The van der Waals surface area contributed by atoms with Crippen molar-refractivity contribution in [2.24, 2.45) is 0 Å². The maximum Gasteiger partial charge on any atom is 0.0825 e. The van der Waals surface area contributed by atoms with E-state index in [0.717, 1.165) is 25.7 Å². The summed E-state index contributed by atoms with van der Waals surface area (Å²) in [5.74, 6) is 0. The molecular weight excluding hydrogens is 220 g/mol. The minimum absolute atomic E-state index is 0.583. The molecule has 0 aromatic rings. The minimum Gasteiger partial charge on any atom is -0.386 e. The third-order valence-corrected chi connectivity index (χ3v) is 4.35. The van der Waals surface area contributed by atoms with Crippen LogP contribution in [0.3, 0.4) is 0 Å². The number of hydrogen-bond donors (Lipinski definition) is 1. The van der Waals surface area contributed by atoms with Gasteiger partial charge < -0.3 is 5.11 Å². The SMILES string of the molecule is C=CC1(O)CCCCCCCCCCCCCC1. The highest BCUT2D eigenvalue weighted by molar-refractivity contribution is 4.95. The molecule has 1 aliphatic rings. The minimum atomic E-state index is -0.583. The van der Waals surface area contributed by atoms with Crippen LogP contribution in [0.15, 0.2) is 12.7 Å². The topological polar surface area (TPSA) is 20.2 Å². The molecule has 1 fully saturated rings. The molecular formula is C17H32O. The fraction of sp³-hybridized carbons (Fsp3) is 0.882. The molecule has 0 radical (unpaired) electrons. The van der Waals surface area contributed by atoms with Crippen LogP contribution in [0.5, 0.6) is 0 Å². The number of rotatable bonds is 1. The molecule has 0 aromatic heterocycles. The van der Waals surface area contributed by atoms with Gasteiger partial charge in [-0.05, 0) is 12.8 Å². The van der Waals surface area contributed by atoms with Crippen LogP contribution < -0.4 is 0 Å². The first-order valence-electron chi connectivity index (χ1n) is 8.13. The molecule has 0 aromatic carbocycles. The Hall–Kier alpha value is -0.300. The molecule has 1 heteroatoms. The summed E-state index contributed by atoms with van der Waals surface area (Å²) in [5, 5.41) is 10.4. The van der Waals surface area contributed by atoms with Gasteiger partial charge in [-0.15, -0.1) is 6.58 Å². The van der Waals surface area contributed by atoms with Crippen LogP contribution in [-0.2, 0) is 0 Å². The van der Waals surface area contributed by atoms with Crippen LogP contribution in [0, 0.1) is 0 Å². The van der Waals surface area contributed by atoms with Gasteiger partial charge >= 0.3 is 0 Å². The zero-order valence-corrected chi connectivity index (χ0v) is 12.1. The second-order valence-electron chi connectivity index (χ2n) is 6.05. The van der Waals surface area contributed by atoms with Gasteiger partial charge in [-0.2, -0.15) is 0 Å². The monoisotopic (exact) mass is 252 g/mol. The fourth-order valence-electron chi connectivity index (χ4n) is 2.96. The zero-order valence-electron chi connectivity index (χ0n) is 12.1. The summed E-state index contributed by atoms with van der Waals surface area (Å²) in [6, 6.07) is 0. The average Bonchev–Trinajstić information content (AvgIpc) is 2.39. The third-order valence-electron chi connectivity index (χ3n) is 4.35. The van der Waals surface area contributed by atoms with Gasteiger partial charge in [0.25, 0.3) is 0 Å². The predicted molar refractivity (Wildman–Crippen MR) is 79.8 cm³/mol. The van der Waals surface area contributed by atoms with Crippen molar-refractivity contribution in [1.82, 2.24) is 0 Å². The number of aliphatic hydroxyl groups is 1. The van der Waals surface area contributed by atoms with Gasteiger partial charge in [-0.1, -0.05) is 83.1 Å². The lowest BCUT2D eigenvalue weighted by Gasteiger charge is -2.24. The van der Waals surface area contributed by atoms with E-state index in [9.17, 15) is 5.11 Å². The third kappa shape index (κ3) is 7.20. The van der Waals surface area contributed by atoms with E-state index in [1.165, 1.54) is 64.2 Å². The van der Waals surface area contributed by atoms with E-state index in [0.29, 0.717) is 0 Å². The summed E-state index contributed by atoms with van der Waals surface area (Å²) in [4.78, 5) is 0. The first-order chi connectivity index (χ1) is 8.77. The van der Waals surface area contributed by atoms with Crippen molar-refractivity contribution in [3.05, 3.63) is 12.7 Å². The van der Waals surface area contributed by atoms with E-state index >= 15 is 0 Å². The smallest absolute Gasteiger partial charge is 0.0825 e. The predicted octanol–water partition coefficient (Wildman–Crippen LogP) is 5.38. The second kappa shape index (κ2) is 9.61. The summed E-state index contributed by atoms with van der Waals surface area (Å²) in [6.07, 6.45) is 19.6. The Kier molecular flexibility index (Phi) is 8.41. The maximum absolute atomic E-state index is 10.4. The van der Waals surface area contributed by atoms with Crippen molar-refractivity contribution in [3.63, 3.8) is 0 Å². The molecule has 0 heterocycles. The molecule has 1 aliphatic carbocycles. The zero-order chi connectivity index (χ0) is 13.1. The summed E-state index contributed by atoms with van der Waals surface area (Å²) >= 11 is 0. The van der Waals surface area contributed by atoms with Crippen molar-refractivity contribution < 1.29 is 5.11 Å². The van der Waals surface area contributed by atoms with Crippen molar-refractivity contribution in [2.75, 3.05) is 0 Å². The second-order valence-corrected chi connectivity index (χ2v) is 6.05. The first-order valence-corrected chi connectivity index (χ1v) is 8.13. The Bertz CT molecular complexity index is 194. The molecule has 18 heavy (non-hydrogen) atoms. The van der Waals surface area contributed by atoms with Gasteiger partial charge in [0.2, 0.25) is 0 Å². The fourth-order valence-corrected chi connectivity index (χ4v) is 2.96. The highest BCUT2D eigenvalue weighted by Crippen LogP contribution is 2.24. The lowest BCUT2D eigenvalue weighted by molar-refractivity contribution is 0.0666. The van der Waals surface area contributed by atoms with Crippen molar-refractivity contribution in [2.45, 2.75) is 95.5 Å². The van der Waals surface area contributed by atoms with Crippen LogP contribution in [0.2, 0.25) is 0 Å². The van der Waals surface area contributed by atoms with E-state index in [4.69, 9.17) is 0 Å². The molecule has 106 valence electrons. The molecule has 1 nitrogen and oxygen atoms in total. The van der Waals surface area contributed by atoms with Gasteiger partial charge in [0.1, 0.15) is 0 Å². The first kappa shape index (κ1) is 15.8. The van der Waals surface area contributed by atoms with E-state index in [-0.39, 0.29) is 0 Å². The highest BCUT2D eigenvalue weighted by atomic mass is 16.3. The Balaban J connectivity index is 2.31. The number of hydrogen-bond acceptors (Lipinski definition) is 1. The Morgan fingerprint density at radius 2 is 0.889 bits per heavy atom. The van der Waals surface area contributed by atoms with Crippen LogP contribution in [-0.4, -0.2) is 10.7 Å². The average molecular weight is 252 g/mol. The van der Waals surface area contributed by atoms with Crippen molar-refractivity contribution in [3.8, 4) is 0 Å². The van der Waals surface area contributed by atoms with Crippen LogP contribution in [0.25, 0.3) is 0 Å². The summed E-state index contributed by atoms with van der Waals surface area (Å²) in [5.41, 5.74) is -0.583.